The molecule has 17 heavy (non-hydrogen) atoms. The lowest BCUT2D eigenvalue weighted by molar-refractivity contribution is 0.303. The number of unbranched alkanes of at least 4 members (excludes halogenated alkanes) is 2. The number of rotatable bonds is 11. The molecule has 1 aliphatic rings. The van der Waals surface area contributed by atoms with Gasteiger partial charge < -0.3 is 10.6 Å². The fourth-order valence-electron chi connectivity index (χ4n) is 2.17. The van der Waals surface area contributed by atoms with E-state index in [0.717, 1.165) is 25.6 Å². The Labute approximate surface area is 108 Å². The first-order valence-corrected chi connectivity index (χ1v) is 7.55. The minimum Gasteiger partial charge on any atom is -0.315 e. The van der Waals surface area contributed by atoms with Gasteiger partial charge in [0.15, 0.2) is 0 Å². The van der Waals surface area contributed by atoms with Crippen molar-refractivity contribution in [2.45, 2.75) is 59.3 Å². The van der Waals surface area contributed by atoms with Gasteiger partial charge >= 0.3 is 0 Å². The van der Waals surface area contributed by atoms with Crippen LogP contribution in [-0.4, -0.2) is 26.2 Å². The third-order valence-corrected chi connectivity index (χ3v) is 3.67. The van der Waals surface area contributed by atoms with Crippen LogP contribution in [0.25, 0.3) is 0 Å². The summed E-state index contributed by atoms with van der Waals surface area (Å²) in [6.45, 7) is 11.7. The molecule has 2 heteroatoms. The van der Waals surface area contributed by atoms with E-state index in [-0.39, 0.29) is 0 Å². The molecule has 0 atom stereocenters. The summed E-state index contributed by atoms with van der Waals surface area (Å²) in [6.07, 6.45) is 8.34. The highest BCUT2D eigenvalue weighted by Crippen LogP contribution is 2.27. The maximum atomic E-state index is 3.58. The third kappa shape index (κ3) is 8.62. The van der Waals surface area contributed by atoms with Crippen molar-refractivity contribution < 1.29 is 0 Å². The van der Waals surface area contributed by atoms with Crippen LogP contribution >= 0.6 is 0 Å². The van der Waals surface area contributed by atoms with Crippen molar-refractivity contribution in [2.24, 2.45) is 11.3 Å². The highest BCUT2D eigenvalue weighted by atomic mass is 14.9. The van der Waals surface area contributed by atoms with Gasteiger partial charge in [-0.1, -0.05) is 40.0 Å². The molecule has 0 amide bonds. The highest BCUT2D eigenvalue weighted by molar-refractivity contribution is 4.76. The lowest BCUT2D eigenvalue weighted by Gasteiger charge is -2.25. The molecule has 0 heterocycles. The Bertz CT molecular complexity index is 185. The Balaban J connectivity index is 1.88. The van der Waals surface area contributed by atoms with Gasteiger partial charge in [-0.3, -0.25) is 0 Å². The first-order chi connectivity index (χ1) is 8.14. The van der Waals surface area contributed by atoms with Crippen molar-refractivity contribution in [3.8, 4) is 0 Å². The van der Waals surface area contributed by atoms with Crippen molar-refractivity contribution in [3.05, 3.63) is 0 Å². The number of hydrogen-bond acceptors (Lipinski definition) is 2. The molecule has 0 aromatic heterocycles. The predicted molar refractivity (Wildman–Crippen MR) is 76.4 cm³/mol. The van der Waals surface area contributed by atoms with Gasteiger partial charge in [-0.2, -0.15) is 0 Å². The molecule has 1 saturated carbocycles. The molecule has 0 bridgehead atoms. The van der Waals surface area contributed by atoms with Gasteiger partial charge in [0.25, 0.3) is 0 Å². The molecule has 0 spiro atoms. The molecule has 0 aromatic carbocycles. The fraction of sp³-hybridized carbons (Fsp3) is 1.00. The van der Waals surface area contributed by atoms with Crippen molar-refractivity contribution in [1.29, 1.82) is 0 Å². The topological polar surface area (TPSA) is 24.1 Å². The third-order valence-electron chi connectivity index (χ3n) is 3.67. The standard InChI is InChI=1S/C15H32N2/c1-4-5-6-9-15(2,3)13-17-11-10-16-12-14-7-8-14/h14,16-17H,4-13H2,1-3H3. The molecule has 1 rings (SSSR count). The smallest absolute Gasteiger partial charge is 0.00769 e. The molecule has 1 fully saturated rings. The largest absolute Gasteiger partial charge is 0.315 e. The molecular formula is C15H32N2. The monoisotopic (exact) mass is 240 g/mol. The van der Waals surface area contributed by atoms with Gasteiger partial charge in [0.05, 0.1) is 0 Å². The quantitative estimate of drug-likeness (QED) is 0.542. The fourth-order valence-corrected chi connectivity index (χ4v) is 2.17. The first kappa shape index (κ1) is 15.0. The highest BCUT2D eigenvalue weighted by Gasteiger charge is 2.20. The van der Waals surface area contributed by atoms with Crippen LogP contribution in [0.4, 0.5) is 0 Å². The second-order valence-corrected chi connectivity index (χ2v) is 6.45. The van der Waals surface area contributed by atoms with Crippen molar-refractivity contribution in [2.75, 3.05) is 26.2 Å². The van der Waals surface area contributed by atoms with E-state index >= 15 is 0 Å². The van der Waals surface area contributed by atoms with E-state index in [4.69, 9.17) is 0 Å². The molecular weight excluding hydrogens is 208 g/mol. The Hall–Kier alpha value is -0.0800. The lowest BCUT2D eigenvalue weighted by atomic mass is 9.87. The van der Waals surface area contributed by atoms with Gasteiger partial charge in [0, 0.05) is 19.6 Å². The van der Waals surface area contributed by atoms with Crippen LogP contribution < -0.4 is 10.6 Å². The zero-order valence-corrected chi connectivity index (χ0v) is 12.1. The van der Waals surface area contributed by atoms with E-state index in [0.29, 0.717) is 5.41 Å². The summed E-state index contributed by atoms with van der Waals surface area (Å²) in [6, 6.07) is 0. The van der Waals surface area contributed by atoms with E-state index < -0.39 is 0 Å². The van der Waals surface area contributed by atoms with Crippen LogP contribution in [0.1, 0.15) is 59.3 Å². The molecule has 0 radical (unpaired) electrons. The molecule has 1 aliphatic carbocycles. The second kappa shape index (κ2) is 8.10. The first-order valence-electron chi connectivity index (χ1n) is 7.55. The average molecular weight is 240 g/mol. The SMILES string of the molecule is CCCCCC(C)(C)CNCCNCC1CC1. The van der Waals surface area contributed by atoms with Crippen LogP contribution in [0.15, 0.2) is 0 Å². The van der Waals surface area contributed by atoms with E-state index in [9.17, 15) is 0 Å². The maximum Gasteiger partial charge on any atom is 0.00769 e. The van der Waals surface area contributed by atoms with E-state index in [2.05, 4.69) is 31.4 Å². The van der Waals surface area contributed by atoms with Gasteiger partial charge in [0.2, 0.25) is 0 Å². The van der Waals surface area contributed by atoms with Crippen molar-refractivity contribution in [3.63, 3.8) is 0 Å². The van der Waals surface area contributed by atoms with Crippen LogP contribution in [0.5, 0.6) is 0 Å². The summed E-state index contributed by atoms with van der Waals surface area (Å²) in [5.41, 5.74) is 0.464. The Morgan fingerprint density at radius 2 is 1.76 bits per heavy atom. The average Bonchev–Trinajstić information content (AvgIpc) is 3.07. The Morgan fingerprint density at radius 3 is 2.41 bits per heavy atom. The van der Waals surface area contributed by atoms with Crippen LogP contribution in [0.3, 0.4) is 0 Å². The van der Waals surface area contributed by atoms with E-state index in [1.54, 1.807) is 0 Å². The van der Waals surface area contributed by atoms with Gasteiger partial charge in [0.1, 0.15) is 0 Å². The lowest BCUT2D eigenvalue weighted by Crippen LogP contribution is -2.34. The van der Waals surface area contributed by atoms with Gasteiger partial charge in [-0.05, 0) is 37.1 Å². The Morgan fingerprint density at radius 1 is 1.06 bits per heavy atom. The summed E-state index contributed by atoms with van der Waals surface area (Å²) >= 11 is 0. The maximum absolute atomic E-state index is 3.58. The number of hydrogen-bond donors (Lipinski definition) is 2. The summed E-state index contributed by atoms with van der Waals surface area (Å²) in [7, 11) is 0. The van der Waals surface area contributed by atoms with Crippen molar-refractivity contribution in [1.82, 2.24) is 10.6 Å². The molecule has 2 N–H and O–H groups in total. The summed E-state index contributed by atoms with van der Waals surface area (Å²) in [5.74, 6) is 1.00. The van der Waals surface area contributed by atoms with Gasteiger partial charge in [-0.25, -0.2) is 0 Å². The minimum atomic E-state index is 0.464. The van der Waals surface area contributed by atoms with E-state index in [1.165, 1.54) is 45.1 Å². The van der Waals surface area contributed by atoms with E-state index in [1.807, 2.05) is 0 Å². The molecule has 0 aliphatic heterocycles. The summed E-state index contributed by atoms with van der Waals surface area (Å²) in [5, 5.41) is 7.11. The molecule has 0 aromatic rings. The van der Waals surface area contributed by atoms with Crippen LogP contribution in [-0.2, 0) is 0 Å². The summed E-state index contributed by atoms with van der Waals surface area (Å²) in [4.78, 5) is 0. The minimum absolute atomic E-state index is 0.464. The Kier molecular flexibility index (Phi) is 7.14. The zero-order chi connectivity index (χ0) is 12.6. The van der Waals surface area contributed by atoms with Gasteiger partial charge in [-0.15, -0.1) is 0 Å². The van der Waals surface area contributed by atoms with Crippen molar-refractivity contribution >= 4 is 0 Å². The van der Waals surface area contributed by atoms with Crippen LogP contribution in [0, 0.1) is 11.3 Å². The van der Waals surface area contributed by atoms with Crippen LogP contribution in [0.2, 0.25) is 0 Å². The number of nitrogens with one attached hydrogen (secondary N) is 2. The zero-order valence-electron chi connectivity index (χ0n) is 12.1. The second-order valence-electron chi connectivity index (χ2n) is 6.45. The molecule has 102 valence electrons. The normalized spacial score (nSPS) is 16.4. The molecule has 0 saturated heterocycles. The predicted octanol–water partition coefficient (Wildman–Crippen LogP) is 3.18. The molecule has 2 nitrogen and oxygen atoms in total. The molecule has 0 unspecified atom stereocenters. The summed E-state index contributed by atoms with van der Waals surface area (Å²) < 4.78 is 0.